The molecule has 0 amide bonds. The minimum Gasteiger partial charge on any atom is -0.402 e. The number of carbonyl (C=O) groups excluding carboxylic acids is 3. The molecule has 0 saturated heterocycles. The molecule has 0 unspecified atom stereocenters. The van der Waals surface area contributed by atoms with Crippen molar-refractivity contribution in [3.63, 3.8) is 0 Å². The van der Waals surface area contributed by atoms with Gasteiger partial charge in [0.2, 0.25) is 0 Å². The fourth-order valence-electron chi connectivity index (χ4n) is 0.977. The van der Waals surface area contributed by atoms with Gasteiger partial charge in [-0.3, -0.25) is 4.79 Å². The van der Waals surface area contributed by atoms with Crippen molar-refractivity contribution in [3.05, 3.63) is 22.9 Å². The van der Waals surface area contributed by atoms with E-state index < -0.39 is 17.7 Å². The van der Waals surface area contributed by atoms with Gasteiger partial charge in [0.15, 0.2) is 5.78 Å². The van der Waals surface area contributed by atoms with Gasteiger partial charge in [0.05, 0.1) is 5.57 Å². The normalized spacial score (nSPS) is 20.0. The Bertz CT molecular complexity index is 386. The van der Waals surface area contributed by atoms with E-state index in [1.54, 1.807) is 0 Å². The number of cyclic esters (lactones) is 2. The van der Waals surface area contributed by atoms with Crippen LogP contribution < -0.4 is 5.73 Å². The lowest BCUT2D eigenvalue weighted by Gasteiger charge is -2.12. The third kappa shape index (κ3) is 1.71. The largest absolute Gasteiger partial charge is 0.402 e. The Balaban J connectivity index is 3.27. The van der Waals surface area contributed by atoms with Crippen molar-refractivity contribution >= 4 is 17.7 Å². The molecule has 0 fully saturated rings. The lowest BCUT2D eigenvalue weighted by atomic mass is 10.0. The minimum absolute atomic E-state index is 0.0507. The average Bonchev–Trinajstić information content (AvgIpc) is 2.02. The highest BCUT2D eigenvalue weighted by Crippen LogP contribution is 2.16. The molecule has 5 nitrogen and oxygen atoms in total. The van der Waals surface area contributed by atoms with E-state index in [9.17, 15) is 14.4 Å². The summed E-state index contributed by atoms with van der Waals surface area (Å²) in [5, 5.41) is 0. The van der Waals surface area contributed by atoms with E-state index in [2.05, 4.69) is 4.74 Å². The van der Waals surface area contributed by atoms with Crippen LogP contribution in [0.5, 0.6) is 0 Å². The van der Waals surface area contributed by atoms with Crippen molar-refractivity contribution in [2.24, 2.45) is 5.73 Å². The predicted octanol–water partition coefficient (Wildman–Crippen LogP) is -0.182. The number of esters is 2. The van der Waals surface area contributed by atoms with Crippen LogP contribution in [0.2, 0.25) is 0 Å². The second kappa shape index (κ2) is 3.45. The van der Waals surface area contributed by atoms with Crippen LogP contribution in [0.4, 0.5) is 0 Å². The highest BCUT2D eigenvalue weighted by molar-refractivity contribution is 6.22. The maximum Gasteiger partial charge on any atom is 0.349 e. The topological polar surface area (TPSA) is 86.5 Å². The van der Waals surface area contributed by atoms with Gasteiger partial charge >= 0.3 is 11.9 Å². The molecule has 0 aromatic rings. The molecule has 1 aliphatic heterocycles. The smallest absolute Gasteiger partial charge is 0.349 e. The van der Waals surface area contributed by atoms with Crippen LogP contribution in [0.1, 0.15) is 13.8 Å². The van der Waals surface area contributed by atoms with Gasteiger partial charge < -0.3 is 10.5 Å². The molecule has 1 rings (SSSR count). The average molecular weight is 195 g/mol. The number of nitrogens with two attached hydrogens (primary N) is 1. The highest BCUT2D eigenvalue weighted by atomic mass is 16.6. The highest BCUT2D eigenvalue weighted by Gasteiger charge is 2.28. The number of ketones is 1. The molecule has 0 saturated carbocycles. The van der Waals surface area contributed by atoms with Gasteiger partial charge in [-0.25, -0.2) is 9.59 Å². The fourth-order valence-corrected chi connectivity index (χ4v) is 0.977. The molecule has 0 radical (unpaired) electrons. The SMILES string of the molecule is CC(=O)C1=CC(=C(C)N)C(=O)OC1=O. The third-order valence-electron chi connectivity index (χ3n) is 1.72. The molecule has 0 aromatic carbocycles. The molecule has 74 valence electrons. The molecular weight excluding hydrogens is 186 g/mol. The van der Waals surface area contributed by atoms with E-state index in [1.807, 2.05) is 0 Å². The Morgan fingerprint density at radius 1 is 1.29 bits per heavy atom. The zero-order valence-corrected chi connectivity index (χ0v) is 7.79. The third-order valence-corrected chi connectivity index (χ3v) is 1.72. The Labute approximate surface area is 80.2 Å². The monoisotopic (exact) mass is 195 g/mol. The van der Waals surface area contributed by atoms with Crippen LogP contribution in [0, 0.1) is 0 Å². The van der Waals surface area contributed by atoms with Crippen LogP contribution in [0.25, 0.3) is 0 Å². The molecule has 0 aliphatic carbocycles. The lowest BCUT2D eigenvalue weighted by Crippen LogP contribution is -2.25. The summed E-state index contributed by atoms with van der Waals surface area (Å²) in [6, 6.07) is 0. The predicted molar refractivity (Wildman–Crippen MR) is 46.8 cm³/mol. The van der Waals surface area contributed by atoms with Gasteiger partial charge in [-0.2, -0.15) is 0 Å². The molecule has 0 spiro atoms. The Morgan fingerprint density at radius 2 is 1.86 bits per heavy atom. The maximum absolute atomic E-state index is 11.1. The summed E-state index contributed by atoms with van der Waals surface area (Å²) in [6.07, 6.45) is 1.16. The molecule has 2 N–H and O–H groups in total. The molecule has 0 bridgehead atoms. The Morgan fingerprint density at radius 3 is 2.29 bits per heavy atom. The number of Topliss-reactive ketones (excluding diaryl/α,β-unsaturated/α-hetero) is 1. The first-order valence-electron chi connectivity index (χ1n) is 3.89. The number of carbonyl (C=O) groups is 3. The summed E-state index contributed by atoms with van der Waals surface area (Å²) >= 11 is 0. The van der Waals surface area contributed by atoms with Gasteiger partial charge in [-0.15, -0.1) is 0 Å². The van der Waals surface area contributed by atoms with Crippen LogP contribution in [-0.4, -0.2) is 17.7 Å². The molecular formula is C9H9NO4. The summed E-state index contributed by atoms with van der Waals surface area (Å²) in [5.41, 5.74) is 5.47. The van der Waals surface area contributed by atoms with Gasteiger partial charge in [-0.1, -0.05) is 0 Å². The van der Waals surface area contributed by atoms with Crippen molar-refractivity contribution in [2.45, 2.75) is 13.8 Å². The van der Waals surface area contributed by atoms with Crippen LogP contribution in [0.3, 0.4) is 0 Å². The van der Waals surface area contributed by atoms with Crippen LogP contribution in [-0.2, 0) is 19.1 Å². The fraction of sp³-hybridized carbons (Fsp3) is 0.222. The van der Waals surface area contributed by atoms with Crippen molar-refractivity contribution in [1.29, 1.82) is 0 Å². The molecule has 0 atom stereocenters. The molecule has 5 heteroatoms. The van der Waals surface area contributed by atoms with Crippen molar-refractivity contribution < 1.29 is 19.1 Å². The van der Waals surface area contributed by atoms with Gasteiger partial charge in [0, 0.05) is 5.70 Å². The Hall–Kier alpha value is -1.91. The van der Waals surface area contributed by atoms with Crippen molar-refractivity contribution in [1.82, 2.24) is 0 Å². The quantitative estimate of drug-likeness (QED) is 0.271. The first kappa shape index (κ1) is 10.2. The van der Waals surface area contributed by atoms with E-state index in [0.717, 1.165) is 6.08 Å². The number of hydrogen-bond acceptors (Lipinski definition) is 5. The molecule has 0 aromatic heterocycles. The zero-order chi connectivity index (χ0) is 10.9. The summed E-state index contributed by atoms with van der Waals surface area (Å²) in [7, 11) is 0. The number of hydrogen-bond donors (Lipinski definition) is 1. The van der Waals surface area contributed by atoms with E-state index >= 15 is 0 Å². The number of allylic oxidation sites excluding steroid dienone is 1. The van der Waals surface area contributed by atoms with E-state index in [-0.39, 0.29) is 16.8 Å². The van der Waals surface area contributed by atoms with Crippen molar-refractivity contribution in [2.75, 3.05) is 0 Å². The summed E-state index contributed by atoms with van der Waals surface area (Å²) in [6.45, 7) is 2.70. The molecule has 14 heavy (non-hydrogen) atoms. The number of rotatable bonds is 1. The van der Waals surface area contributed by atoms with Crippen molar-refractivity contribution in [3.8, 4) is 0 Å². The van der Waals surface area contributed by atoms with Gasteiger partial charge in [0.25, 0.3) is 0 Å². The summed E-state index contributed by atoms with van der Waals surface area (Å²) in [5.74, 6) is -2.20. The minimum atomic E-state index is -0.924. The first-order chi connectivity index (χ1) is 6.43. The Kier molecular flexibility index (Phi) is 2.51. The first-order valence-corrected chi connectivity index (χ1v) is 3.89. The summed E-state index contributed by atoms with van der Waals surface area (Å²) < 4.78 is 4.33. The van der Waals surface area contributed by atoms with Gasteiger partial charge in [0.1, 0.15) is 5.57 Å². The van der Waals surface area contributed by atoms with Crippen LogP contribution in [0.15, 0.2) is 22.9 Å². The molecule has 1 aliphatic rings. The van der Waals surface area contributed by atoms with E-state index in [4.69, 9.17) is 5.73 Å². The zero-order valence-electron chi connectivity index (χ0n) is 7.79. The second-order valence-corrected chi connectivity index (χ2v) is 2.89. The summed E-state index contributed by atoms with van der Waals surface area (Å²) in [4.78, 5) is 33.0. The second-order valence-electron chi connectivity index (χ2n) is 2.89. The van der Waals surface area contributed by atoms with E-state index in [0.29, 0.717) is 0 Å². The number of ether oxygens (including phenoxy) is 1. The van der Waals surface area contributed by atoms with Crippen LogP contribution >= 0.6 is 0 Å². The van der Waals surface area contributed by atoms with Gasteiger partial charge in [-0.05, 0) is 19.9 Å². The van der Waals surface area contributed by atoms with E-state index in [1.165, 1.54) is 13.8 Å². The standard InChI is InChI=1S/C9H9NO4/c1-4(10)6-3-7(5(2)11)9(13)14-8(6)12/h3H,10H2,1-2H3. The maximum atomic E-state index is 11.1. The lowest BCUT2D eigenvalue weighted by molar-refractivity contribution is -0.154. The molecule has 1 heterocycles.